The minimum atomic E-state index is -0.578. The Morgan fingerprint density at radius 1 is 1.26 bits per heavy atom. The van der Waals surface area contributed by atoms with Crippen LogP contribution >= 0.6 is 11.6 Å². The summed E-state index contributed by atoms with van der Waals surface area (Å²) in [6.45, 7) is 3.03. The number of hydrogen-bond acceptors (Lipinski definition) is 7. The van der Waals surface area contributed by atoms with Gasteiger partial charge < -0.3 is 14.2 Å². The predicted molar refractivity (Wildman–Crippen MR) is 112 cm³/mol. The van der Waals surface area contributed by atoms with Crippen molar-refractivity contribution in [3.63, 3.8) is 0 Å². The van der Waals surface area contributed by atoms with Gasteiger partial charge in [0.05, 0.1) is 12.2 Å². The molecule has 31 heavy (non-hydrogen) atoms. The Kier molecular flexibility index (Phi) is 5.35. The first-order valence-corrected chi connectivity index (χ1v) is 10.9. The number of piperidine rings is 1. The molecule has 2 aromatic heterocycles. The van der Waals surface area contributed by atoms with E-state index in [1.807, 2.05) is 15.8 Å². The second-order valence-corrected chi connectivity index (χ2v) is 8.53. The highest BCUT2D eigenvalue weighted by atomic mass is 35.5. The van der Waals surface area contributed by atoms with E-state index in [-0.39, 0.29) is 11.9 Å². The van der Waals surface area contributed by atoms with Crippen LogP contribution in [0.5, 0.6) is 5.75 Å². The summed E-state index contributed by atoms with van der Waals surface area (Å²) in [5.74, 6) is 2.15. The number of benzene rings is 1. The van der Waals surface area contributed by atoms with Gasteiger partial charge in [-0.15, -0.1) is 5.10 Å². The smallest absolute Gasteiger partial charge is 0.280 e. The maximum absolute atomic E-state index is 12.8. The number of likely N-dealkylation sites (tertiary alicyclic amines) is 1. The van der Waals surface area contributed by atoms with Crippen LogP contribution in [0, 0.1) is 0 Å². The molecule has 0 spiro atoms. The summed E-state index contributed by atoms with van der Waals surface area (Å²) in [5, 5.41) is 13.1. The van der Waals surface area contributed by atoms with Gasteiger partial charge in [-0.2, -0.15) is 4.98 Å². The minimum Gasteiger partial charge on any atom is -0.481 e. The number of halogens is 1. The lowest BCUT2D eigenvalue weighted by Crippen LogP contribution is -2.45. The molecule has 5 rings (SSSR count). The van der Waals surface area contributed by atoms with Gasteiger partial charge in [0.2, 0.25) is 0 Å². The second-order valence-electron chi connectivity index (χ2n) is 8.09. The van der Waals surface area contributed by atoms with Crippen molar-refractivity contribution in [3.05, 3.63) is 41.3 Å². The summed E-state index contributed by atoms with van der Waals surface area (Å²) in [4.78, 5) is 19.1. The average molecular weight is 443 g/mol. The number of carbonyl (C=O) groups is 1. The van der Waals surface area contributed by atoms with Gasteiger partial charge in [0.25, 0.3) is 11.8 Å². The van der Waals surface area contributed by atoms with Crippen molar-refractivity contribution < 1.29 is 14.1 Å². The summed E-state index contributed by atoms with van der Waals surface area (Å²) in [6.07, 6.45) is 5.07. The zero-order chi connectivity index (χ0) is 21.4. The third-order valence-corrected chi connectivity index (χ3v) is 5.96. The molecule has 9 nitrogen and oxygen atoms in total. The zero-order valence-corrected chi connectivity index (χ0v) is 17.9. The van der Waals surface area contributed by atoms with E-state index in [9.17, 15) is 4.79 Å². The molecule has 0 bridgehead atoms. The first-order chi connectivity index (χ1) is 15.1. The van der Waals surface area contributed by atoms with Crippen LogP contribution in [0.15, 0.2) is 35.0 Å². The SMILES string of the molecule is CC(Oc1cccc(Cl)c1)C(=O)N1CCC(n2cc(-c3nc(C4CC4)no3)nn2)CC1. The maximum Gasteiger partial charge on any atom is 0.280 e. The van der Waals surface area contributed by atoms with Crippen LogP contribution in [0.25, 0.3) is 11.6 Å². The molecule has 3 heterocycles. The van der Waals surface area contributed by atoms with E-state index >= 15 is 0 Å². The molecule has 1 unspecified atom stereocenters. The summed E-state index contributed by atoms with van der Waals surface area (Å²) >= 11 is 5.99. The summed E-state index contributed by atoms with van der Waals surface area (Å²) in [7, 11) is 0. The molecular formula is C21H23ClN6O3. The van der Waals surface area contributed by atoms with Crippen molar-refractivity contribution in [1.82, 2.24) is 30.0 Å². The fraction of sp³-hybridized carbons (Fsp3) is 0.476. The monoisotopic (exact) mass is 442 g/mol. The summed E-state index contributed by atoms with van der Waals surface area (Å²) < 4.78 is 12.9. The third-order valence-electron chi connectivity index (χ3n) is 5.72. The molecule has 10 heteroatoms. The number of ether oxygens (including phenoxy) is 1. The minimum absolute atomic E-state index is 0.0313. The van der Waals surface area contributed by atoms with Gasteiger partial charge in [0.15, 0.2) is 17.6 Å². The molecule has 2 aliphatic rings. The van der Waals surface area contributed by atoms with E-state index in [4.69, 9.17) is 20.9 Å². The van der Waals surface area contributed by atoms with Crippen LogP contribution < -0.4 is 4.74 Å². The molecule has 162 valence electrons. The van der Waals surface area contributed by atoms with Crippen LogP contribution in [-0.4, -0.2) is 55.1 Å². The zero-order valence-electron chi connectivity index (χ0n) is 17.1. The fourth-order valence-corrected chi connectivity index (χ4v) is 3.98. The van der Waals surface area contributed by atoms with E-state index in [1.165, 1.54) is 0 Å². The normalized spacial score (nSPS) is 18.2. The largest absolute Gasteiger partial charge is 0.481 e. The Hall–Kier alpha value is -2.94. The van der Waals surface area contributed by atoms with Crippen molar-refractivity contribution >= 4 is 17.5 Å². The van der Waals surface area contributed by atoms with E-state index in [0.29, 0.717) is 41.4 Å². The average Bonchev–Trinajstić information content (AvgIpc) is 3.30. The Balaban J connectivity index is 1.16. The lowest BCUT2D eigenvalue weighted by atomic mass is 10.0. The van der Waals surface area contributed by atoms with Crippen molar-refractivity contribution in [1.29, 1.82) is 0 Å². The molecule has 0 N–H and O–H groups in total. The number of rotatable bonds is 6. The Labute approximate surface area is 184 Å². The molecule has 1 saturated carbocycles. The molecule has 1 amide bonds. The highest BCUT2D eigenvalue weighted by Crippen LogP contribution is 2.38. The van der Waals surface area contributed by atoms with Gasteiger partial charge >= 0.3 is 0 Å². The lowest BCUT2D eigenvalue weighted by molar-refractivity contribution is -0.139. The topological polar surface area (TPSA) is 99.2 Å². The van der Waals surface area contributed by atoms with Crippen LogP contribution in [0.3, 0.4) is 0 Å². The van der Waals surface area contributed by atoms with Crippen molar-refractivity contribution in [2.75, 3.05) is 13.1 Å². The van der Waals surface area contributed by atoms with Gasteiger partial charge in [-0.3, -0.25) is 4.79 Å². The van der Waals surface area contributed by atoms with E-state index < -0.39 is 6.10 Å². The molecule has 1 aliphatic heterocycles. The number of hydrogen-bond donors (Lipinski definition) is 0. The van der Waals surface area contributed by atoms with E-state index in [2.05, 4.69) is 20.5 Å². The second kappa shape index (κ2) is 8.30. The van der Waals surface area contributed by atoms with Gasteiger partial charge in [0, 0.05) is 24.0 Å². The molecule has 3 aromatic rings. The number of carbonyl (C=O) groups excluding carboxylic acids is 1. The number of aromatic nitrogens is 5. The fourth-order valence-electron chi connectivity index (χ4n) is 3.80. The first-order valence-electron chi connectivity index (χ1n) is 10.5. The van der Waals surface area contributed by atoms with Crippen LogP contribution in [-0.2, 0) is 4.79 Å². The summed E-state index contributed by atoms with van der Waals surface area (Å²) in [6, 6.07) is 7.23. The Morgan fingerprint density at radius 2 is 2.06 bits per heavy atom. The number of nitrogens with zero attached hydrogens (tertiary/aromatic N) is 6. The van der Waals surface area contributed by atoms with Crippen molar-refractivity contribution in [2.45, 2.75) is 50.7 Å². The summed E-state index contributed by atoms with van der Waals surface area (Å²) in [5.41, 5.74) is 0.585. The van der Waals surface area contributed by atoms with Gasteiger partial charge in [-0.1, -0.05) is 28.0 Å². The van der Waals surface area contributed by atoms with Crippen LogP contribution in [0.4, 0.5) is 0 Å². The molecule has 0 radical (unpaired) electrons. The van der Waals surface area contributed by atoms with Crippen molar-refractivity contribution in [3.8, 4) is 17.3 Å². The van der Waals surface area contributed by atoms with Gasteiger partial charge in [-0.05, 0) is 50.8 Å². The Bertz CT molecular complexity index is 1070. The van der Waals surface area contributed by atoms with Crippen LogP contribution in [0.2, 0.25) is 5.02 Å². The molecule has 1 saturated heterocycles. The van der Waals surface area contributed by atoms with Crippen LogP contribution in [0.1, 0.15) is 50.4 Å². The number of amides is 1. The molecule has 1 aliphatic carbocycles. The van der Waals surface area contributed by atoms with E-state index in [1.54, 1.807) is 31.2 Å². The highest BCUT2D eigenvalue weighted by molar-refractivity contribution is 6.30. The predicted octanol–water partition coefficient (Wildman–Crippen LogP) is 3.49. The van der Waals surface area contributed by atoms with Crippen molar-refractivity contribution in [2.24, 2.45) is 0 Å². The van der Waals surface area contributed by atoms with Gasteiger partial charge in [-0.25, -0.2) is 4.68 Å². The molecule has 1 atom stereocenters. The maximum atomic E-state index is 12.8. The first kappa shape index (κ1) is 20.0. The lowest BCUT2D eigenvalue weighted by Gasteiger charge is -2.33. The highest BCUT2D eigenvalue weighted by Gasteiger charge is 2.31. The van der Waals surface area contributed by atoms with Gasteiger partial charge in [0.1, 0.15) is 5.75 Å². The molecular weight excluding hydrogens is 420 g/mol. The molecule has 2 fully saturated rings. The standard InChI is InChI=1S/C21H23ClN6O3/c1-13(30-17-4-2-3-15(22)11-17)21(29)27-9-7-16(8-10-27)28-12-18(24-26-28)20-23-19(25-31-20)14-5-6-14/h2-4,11-14,16H,5-10H2,1H3. The third kappa shape index (κ3) is 4.41. The molecule has 1 aromatic carbocycles. The van der Waals surface area contributed by atoms with E-state index in [0.717, 1.165) is 31.5 Å². The Morgan fingerprint density at radius 3 is 2.81 bits per heavy atom. The quantitative estimate of drug-likeness (QED) is 0.576.